The largest absolute Gasteiger partial charge is 0.354 e. The lowest BCUT2D eigenvalue weighted by molar-refractivity contribution is -0.122. The Kier molecular flexibility index (Phi) is 8.99. The molecule has 0 radical (unpaired) electrons. The molecule has 6 heteroatoms. The van der Waals surface area contributed by atoms with Gasteiger partial charge in [-0.15, -0.1) is 24.8 Å². The van der Waals surface area contributed by atoms with Crippen LogP contribution in [0.25, 0.3) is 0 Å². The Morgan fingerprint density at radius 1 is 1.50 bits per heavy atom. The molecule has 0 fully saturated rings. The smallest absolute Gasteiger partial charge is 0.227 e. The van der Waals surface area contributed by atoms with Gasteiger partial charge in [-0.05, 0) is 32.4 Å². The van der Waals surface area contributed by atoms with Crippen LogP contribution in [0.1, 0.15) is 32.3 Å². The normalized spacial score (nSPS) is 11.8. The molecule has 0 bridgehead atoms. The number of hydrogen-bond acceptors (Lipinski definition) is 3. The van der Waals surface area contributed by atoms with E-state index in [4.69, 9.17) is 5.73 Å². The molecular weight excluding hydrogens is 273 g/mol. The second-order valence-corrected chi connectivity index (χ2v) is 4.71. The zero-order valence-corrected chi connectivity index (χ0v) is 12.5. The van der Waals surface area contributed by atoms with Crippen molar-refractivity contribution in [1.82, 2.24) is 10.3 Å². The number of rotatable bonds is 4. The Morgan fingerprint density at radius 3 is 2.56 bits per heavy atom. The van der Waals surface area contributed by atoms with Crippen LogP contribution in [0.2, 0.25) is 0 Å². The number of nitrogens with two attached hydrogens (primary N) is 1. The number of aromatic nitrogens is 1. The quantitative estimate of drug-likeness (QED) is 0.891. The van der Waals surface area contributed by atoms with Crippen molar-refractivity contribution in [3.8, 4) is 0 Å². The van der Waals surface area contributed by atoms with E-state index in [1.54, 1.807) is 12.4 Å². The fourth-order valence-corrected chi connectivity index (χ4v) is 1.25. The monoisotopic (exact) mass is 293 g/mol. The van der Waals surface area contributed by atoms with Crippen molar-refractivity contribution in [1.29, 1.82) is 0 Å². The molecule has 18 heavy (non-hydrogen) atoms. The molecule has 0 aromatic carbocycles. The maximum Gasteiger partial charge on any atom is 0.227 e. The van der Waals surface area contributed by atoms with Crippen molar-refractivity contribution < 1.29 is 4.79 Å². The molecule has 0 aliphatic heterocycles. The summed E-state index contributed by atoms with van der Waals surface area (Å²) in [5.74, 6) is -0.220. The van der Waals surface area contributed by atoms with E-state index in [1.807, 2.05) is 32.9 Å². The summed E-state index contributed by atoms with van der Waals surface area (Å²) in [6.07, 6.45) is 3.40. The molecule has 3 N–H and O–H groups in total. The third-order valence-electron chi connectivity index (χ3n) is 2.30. The summed E-state index contributed by atoms with van der Waals surface area (Å²) < 4.78 is 0. The first kappa shape index (κ1) is 19.5. The molecule has 1 heterocycles. The maximum absolute atomic E-state index is 11.8. The van der Waals surface area contributed by atoms with Crippen molar-refractivity contribution in [3.63, 3.8) is 0 Å². The number of amides is 1. The van der Waals surface area contributed by atoms with E-state index in [0.29, 0.717) is 6.54 Å². The Hall–Kier alpha value is -0.840. The molecule has 1 aromatic heterocycles. The van der Waals surface area contributed by atoms with E-state index in [9.17, 15) is 4.79 Å². The molecule has 1 aromatic rings. The Balaban J connectivity index is 0. The fraction of sp³-hybridized carbons (Fsp3) is 0.500. The SMILES string of the molecule is CC(C(=O)NCC(C)(C)N)c1cccnc1.Cl.Cl. The van der Waals surface area contributed by atoms with Gasteiger partial charge in [0.05, 0.1) is 5.92 Å². The third-order valence-corrected chi connectivity index (χ3v) is 2.30. The summed E-state index contributed by atoms with van der Waals surface area (Å²) in [6, 6.07) is 3.72. The predicted molar refractivity (Wildman–Crippen MR) is 78.4 cm³/mol. The van der Waals surface area contributed by atoms with Gasteiger partial charge in [-0.25, -0.2) is 0 Å². The summed E-state index contributed by atoms with van der Waals surface area (Å²) in [5.41, 5.74) is 6.32. The van der Waals surface area contributed by atoms with Crippen LogP contribution in [-0.2, 0) is 4.79 Å². The first-order valence-electron chi connectivity index (χ1n) is 5.37. The van der Waals surface area contributed by atoms with Crippen LogP contribution in [0.5, 0.6) is 0 Å². The topological polar surface area (TPSA) is 68.0 Å². The van der Waals surface area contributed by atoms with Gasteiger partial charge in [0.25, 0.3) is 0 Å². The molecule has 0 saturated carbocycles. The van der Waals surface area contributed by atoms with Gasteiger partial charge in [0.15, 0.2) is 0 Å². The number of carbonyl (C=O) groups excluding carboxylic acids is 1. The summed E-state index contributed by atoms with van der Waals surface area (Å²) >= 11 is 0. The zero-order chi connectivity index (χ0) is 12.2. The van der Waals surface area contributed by atoms with Gasteiger partial charge in [0.1, 0.15) is 0 Å². The lowest BCUT2D eigenvalue weighted by Crippen LogP contribution is -2.46. The molecule has 0 saturated heterocycles. The first-order chi connectivity index (χ1) is 7.40. The lowest BCUT2D eigenvalue weighted by Gasteiger charge is -2.20. The molecular formula is C12H21Cl2N3O. The Bertz CT molecular complexity index is 352. The minimum Gasteiger partial charge on any atom is -0.354 e. The van der Waals surface area contributed by atoms with Crippen LogP contribution in [0.4, 0.5) is 0 Å². The van der Waals surface area contributed by atoms with Crippen LogP contribution in [-0.4, -0.2) is 23.0 Å². The number of halogens is 2. The third kappa shape index (κ3) is 6.79. The number of nitrogens with zero attached hydrogens (tertiary/aromatic N) is 1. The summed E-state index contributed by atoms with van der Waals surface area (Å²) in [5, 5.41) is 2.83. The molecule has 0 aliphatic rings. The van der Waals surface area contributed by atoms with Crippen LogP contribution >= 0.6 is 24.8 Å². The minimum atomic E-state index is -0.385. The van der Waals surface area contributed by atoms with Gasteiger partial charge in [0, 0.05) is 24.5 Å². The maximum atomic E-state index is 11.8. The van der Waals surface area contributed by atoms with Crippen LogP contribution < -0.4 is 11.1 Å². The van der Waals surface area contributed by atoms with E-state index in [1.165, 1.54) is 0 Å². The van der Waals surface area contributed by atoms with Gasteiger partial charge in [0.2, 0.25) is 5.91 Å². The number of hydrogen-bond donors (Lipinski definition) is 2. The molecule has 1 amide bonds. The Morgan fingerprint density at radius 2 is 2.11 bits per heavy atom. The minimum absolute atomic E-state index is 0. The highest BCUT2D eigenvalue weighted by molar-refractivity contribution is 5.85. The fourth-order valence-electron chi connectivity index (χ4n) is 1.25. The van der Waals surface area contributed by atoms with Gasteiger partial charge >= 0.3 is 0 Å². The van der Waals surface area contributed by atoms with E-state index in [2.05, 4.69) is 10.3 Å². The molecule has 4 nitrogen and oxygen atoms in total. The summed E-state index contributed by atoms with van der Waals surface area (Å²) in [4.78, 5) is 15.8. The van der Waals surface area contributed by atoms with E-state index in [0.717, 1.165) is 5.56 Å². The second kappa shape index (κ2) is 8.29. The molecule has 0 spiro atoms. The number of carbonyl (C=O) groups is 1. The number of pyridine rings is 1. The van der Waals surface area contributed by atoms with Crippen molar-refractivity contribution >= 4 is 30.7 Å². The highest BCUT2D eigenvalue weighted by Gasteiger charge is 2.18. The summed E-state index contributed by atoms with van der Waals surface area (Å²) in [6.45, 7) is 6.08. The molecule has 1 atom stereocenters. The molecule has 1 rings (SSSR count). The summed E-state index contributed by atoms with van der Waals surface area (Å²) in [7, 11) is 0. The molecule has 104 valence electrons. The van der Waals surface area contributed by atoms with E-state index >= 15 is 0 Å². The van der Waals surface area contributed by atoms with Crippen molar-refractivity contribution in [2.75, 3.05) is 6.54 Å². The van der Waals surface area contributed by atoms with Gasteiger partial charge in [-0.3, -0.25) is 9.78 Å². The van der Waals surface area contributed by atoms with E-state index < -0.39 is 0 Å². The lowest BCUT2D eigenvalue weighted by atomic mass is 10.0. The van der Waals surface area contributed by atoms with E-state index in [-0.39, 0.29) is 42.2 Å². The van der Waals surface area contributed by atoms with Crippen LogP contribution in [0, 0.1) is 0 Å². The standard InChI is InChI=1S/C12H19N3O.2ClH/c1-9(10-5-4-6-14-7-10)11(16)15-8-12(2,3)13;;/h4-7,9H,8,13H2,1-3H3,(H,15,16);2*1H. The highest BCUT2D eigenvalue weighted by Crippen LogP contribution is 2.13. The van der Waals surface area contributed by atoms with Gasteiger partial charge in [-0.1, -0.05) is 6.07 Å². The van der Waals surface area contributed by atoms with Gasteiger partial charge < -0.3 is 11.1 Å². The van der Waals surface area contributed by atoms with Gasteiger partial charge in [-0.2, -0.15) is 0 Å². The van der Waals surface area contributed by atoms with Crippen LogP contribution in [0.3, 0.4) is 0 Å². The number of nitrogens with one attached hydrogen (secondary N) is 1. The van der Waals surface area contributed by atoms with Crippen molar-refractivity contribution in [2.45, 2.75) is 32.2 Å². The van der Waals surface area contributed by atoms with Crippen molar-refractivity contribution in [2.24, 2.45) is 5.73 Å². The Labute approximate surface area is 121 Å². The molecule has 1 unspecified atom stereocenters. The average molecular weight is 294 g/mol. The van der Waals surface area contributed by atoms with Crippen LogP contribution in [0.15, 0.2) is 24.5 Å². The van der Waals surface area contributed by atoms with Crippen molar-refractivity contribution in [3.05, 3.63) is 30.1 Å². The zero-order valence-electron chi connectivity index (χ0n) is 10.8. The molecule has 0 aliphatic carbocycles. The predicted octanol–water partition coefficient (Wildman–Crippen LogP) is 1.88. The average Bonchev–Trinajstić information content (AvgIpc) is 2.25. The second-order valence-electron chi connectivity index (χ2n) is 4.71. The first-order valence-corrected chi connectivity index (χ1v) is 5.37. The highest BCUT2D eigenvalue weighted by atomic mass is 35.5.